The van der Waals surface area contributed by atoms with Crippen molar-refractivity contribution in [1.29, 1.82) is 0 Å². The van der Waals surface area contributed by atoms with Crippen LogP contribution in [0.25, 0.3) is 0 Å². The molecule has 1 aromatic carbocycles. The molecule has 0 aromatic heterocycles. The lowest BCUT2D eigenvalue weighted by Crippen LogP contribution is -2.37. The molecule has 0 radical (unpaired) electrons. The summed E-state index contributed by atoms with van der Waals surface area (Å²) in [5.41, 5.74) is 0.562. The minimum Gasteiger partial charge on any atom is -0.493 e. The Kier molecular flexibility index (Phi) is 7.02. The van der Waals surface area contributed by atoms with Gasteiger partial charge in [0.1, 0.15) is 0 Å². The van der Waals surface area contributed by atoms with Gasteiger partial charge in [0, 0.05) is 18.2 Å². The van der Waals surface area contributed by atoms with Crippen LogP contribution in [0.15, 0.2) is 18.2 Å². The van der Waals surface area contributed by atoms with Crippen molar-refractivity contribution in [3.05, 3.63) is 23.8 Å². The van der Waals surface area contributed by atoms with E-state index in [-0.39, 0.29) is 11.9 Å². The molecule has 0 bridgehead atoms. The van der Waals surface area contributed by atoms with Gasteiger partial charge in [0.15, 0.2) is 11.5 Å². The molecule has 1 rings (SSSR count). The molecule has 0 aliphatic carbocycles. The highest BCUT2D eigenvalue weighted by atomic mass is 16.5. The Bertz CT molecular complexity index is 461. The lowest BCUT2D eigenvalue weighted by Gasteiger charge is -2.14. The third-order valence-electron chi connectivity index (χ3n) is 3.06. The summed E-state index contributed by atoms with van der Waals surface area (Å²) in [6.45, 7) is 7.35. The molecular formula is C16H26N2O3. The Morgan fingerprint density at radius 2 is 1.95 bits per heavy atom. The molecule has 1 amide bonds. The Hall–Kier alpha value is -1.75. The first kappa shape index (κ1) is 17.3. The lowest BCUT2D eigenvalue weighted by molar-refractivity contribution is 0.0950. The predicted molar refractivity (Wildman–Crippen MR) is 84.2 cm³/mol. The molecule has 2 N–H and O–H groups in total. The first-order chi connectivity index (χ1) is 9.97. The second-order valence-electron chi connectivity index (χ2n) is 5.47. The van der Waals surface area contributed by atoms with Crippen molar-refractivity contribution in [1.82, 2.24) is 10.6 Å². The summed E-state index contributed by atoms with van der Waals surface area (Å²) in [5, 5.41) is 5.94. The molecular weight excluding hydrogens is 268 g/mol. The van der Waals surface area contributed by atoms with Crippen molar-refractivity contribution < 1.29 is 14.3 Å². The normalized spacial score (nSPS) is 12.1. The number of hydrogen-bond acceptors (Lipinski definition) is 4. The molecule has 0 aliphatic heterocycles. The standard InChI is InChI=1S/C16H26N2O3/c1-11(2)10-21-14-7-6-13(8-15(14)20-5)16(19)18-9-12(3)17-4/h6-8,11-12,17H,9-10H2,1-5H3,(H,18,19). The average Bonchev–Trinajstić information content (AvgIpc) is 2.49. The second-order valence-corrected chi connectivity index (χ2v) is 5.47. The zero-order chi connectivity index (χ0) is 15.8. The van der Waals surface area contributed by atoms with E-state index in [0.29, 0.717) is 36.1 Å². The molecule has 0 saturated heterocycles. The van der Waals surface area contributed by atoms with E-state index in [0.717, 1.165) is 0 Å². The van der Waals surface area contributed by atoms with E-state index in [2.05, 4.69) is 24.5 Å². The van der Waals surface area contributed by atoms with Gasteiger partial charge in [-0.2, -0.15) is 0 Å². The predicted octanol–water partition coefficient (Wildman–Crippen LogP) is 2.07. The van der Waals surface area contributed by atoms with Gasteiger partial charge in [0.05, 0.1) is 13.7 Å². The topological polar surface area (TPSA) is 59.6 Å². The van der Waals surface area contributed by atoms with Gasteiger partial charge in [-0.1, -0.05) is 13.8 Å². The van der Waals surface area contributed by atoms with Gasteiger partial charge in [-0.25, -0.2) is 0 Å². The maximum atomic E-state index is 12.1. The zero-order valence-electron chi connectivity index (χ0n) is 13.5. The van der Waals surface area contributed by atoms with Crippen molar-refractivity contribution in [3.63, 3.8) is 0 Å². The summed E-state index contributed by atoms with van der Waals surface area (Å²) in [5.74, 6) is 1.54. The highest BCUT2D eigenvalue weighted by Gasteiger charge is 2.12. The Balaban J connectivity index is 2.74. The Morgan fingerprint density at radius 3 is 2.52 bits per heavy atom. The molecule has 21 heavy (non-hydrogen) atoms. The number of benzene rings is 1. The van der Waals surface area contributed by atoms with Gasteiger partial charge in [-0.15, -0.1) is 0 Å². The number of hydrogen-bond donors (Lipinski definition) is 2. The van der Waals surface area contributed by atoms with Crippen LogP contribution in [0, 0.1) is 5.92 Å². The van der Waals surface area contributed by atoms with E-state index < -0.39 is 0 Å². The zero-order valence-corrected chi connectivity index (χ0v) is 13.5. The fourth-order valence-electron chi connectivity index (χ4n) is 1.63. The largest absolute Gasteiger partial charge is 0.493 e. The number of nitrogens with one attached hydrogen (secondary N) is 2. The Morgan fingerprint density at radius 1 is 1.24 bits per heavy atom. The minimum atomic E-state index is -0.120. The third-order valence-corrected chi connectivity index (χ3v) is 3.06. The van der Waals surface area contributed by atoms with E-state index in [1.165, 1.54) is 0 Å². The number of methoxy groups -OCH3 is 1. The quantitative estimate of drug-likeness (QED) is 0.770. The van der Waals surface area contributed by atoms with Crippen LogP contribution >= 0.6 is 0 Å². The molecule has 1 unspecified atom stereocenters. The molecule has 1 aromatic rings. The Labute approximate surface area is 127 Å². The molecule has 118 valence electrons. The highest BCUT2D eigenvalue weighted by Crippen LogP contribution is 2.28. The fourth-order valence-corrected chi connectivity index (χ4v) is 1.63. The van der Waals surface area contributed by atoms with Gasteiger partial charge in [0.2, 0.25) is 0 Å². The smallest absolute Gasteiger partial charge is 0.251 e. The van der Waals surface area contributed by atoms with Crippen LogP contribution in [0.3, 0.4) is 0 Å². The van der Waals surface area contributed by atoms with Crippen molar-refractivity contribution in [2.75, 3.05) is 27.3 Å². The van der Waals surface area contributed by atoms with Crippen LogP contribution in [0.4, 0.5) is 0 Å². The van der Waals surface area contributed by atoms with Crippen LogP contribution < -0.4 is 20.1 Å². The summed E-state index contributed by atoms with van der Waals surface area (Å²) in [4.78, 5) is 12.1. The van der Waals surface area contributed by atoms with Gasteiger partial charge in [-0.05, 0) is 38.1 Å². The third kappa shape index (κ3) is 5.63. The van der Waals surface area contributed by atoms with Gasteiger partial charge >= 0.3 is 0 Å². The van der Waals surface area contributed by atoms with E-state index in [4.69, 9.17) is 9.47 Å². The minimum absolute atomic E-state index is 0.120. The number of amides is 1. The van der Waals surface area contributed by atoms with Crippen LogP contribution in [0.1, 0.15) is 31.1 Å². The van der Waals surface area contributed by atoms with Crippen LogP contribution in [0.2, 0.25) is 0 Å². The van der Waals surface area contributed by atoms with Crippen molar-refractivity contribution in [2.45, 2.75) is 26.8 Å². The molecule has 0 saturated carbocycles. The van der Waals surface area contributed by atoms with Crippen molar-refractivity contribution in [3.8, 4) is 11.5 Å². The number of likely N-dealkylation sites (N-methyl/N-ethyl adjacent to an activating group) is 1. The van der Waals surface area contributed by atoms with Gasteiger partial charge in [-0.3, -0.25) is 4.79 Å². The SMILES string of the molecule is CNC(C)CNC(=O)c1ccc(OCC(C)C)c(OC)c1. The summed E-state index contributed by atoms with van der Waals surface area (Å²) < 4.78 is 11.0. The van der Waals surface area contributed by atoms with Crippen LogP contribution in [-0.4, -0.2) is 39.3 Å². The van der Waals surface area contributed by atoms with E-state index in [9.17, 15) is 4.79 Å². The van der Waals surface area contributed by atoms with Crippen LogP contribution in [0.5, 0.6) is 11.5 Å². The summed E-state index contributed by atoms with van der Waals surface area (Å²) in [6, 6.07) is 5.45. The highest BCUT2D eigenvalue weighted by molar-refractivity contribution is 5.94. The number of ether oxygens (including phenoxy) is 2. The summed E-state index contributed by atoms with van der Waals surface area (Å²) >= 11 is 0. The van der Waals surface area contributed by atoms with Crippen LogP contribution in [-0.2, 0) is 0 Å². The summed E-state index contributed by atoms with van der Waals surface area (Å²) in [6.07, 6.45) is 0. The summed E-state index contributed by atoms with van der Waals surface area (Å²) in [7, 11) is 3.43. The fraction of sp³-hybridized carbons (Fsp3) is 0.562. The van der Waals surface area contributed by atoms with Crippen molar-refractivity contribution >= 4 is 5.91 Å². The molecule has 0 heterocycles. The van der Waals surface area contributed by atoms with Crippen molar-refractivity contribution in [2.24, 2.45) is 5.92 Å². The molecule has 5 nitrogen and oxygen atoms in total. The lowest BCUT2D eigenvalue weighted by atomic mass is 10.1. The van der Waals surface area contributed by atoms with Gasteiger partial charge in [0.25, 0.3) is 5.91 Å². The second kappa shape index (κ2) is 8.52. The van der Waals surface area contributed by atoms with E-state index >= 15 is 0 Å². The number of rotatable bonds is 8. The molecule has 1 atom stereocenters. The molecule has 0 fully saturated rings. The average molecular weight is 294 g/mol. The maximum absolute atomic E-state index is 12.1. The molecule has 0 spiro atoms. The van der Waals surface area contributed by atoms with E-state index in [1.54, 1.807) is 25.3 Å². The van der Waals surface area contributed by atoms with Gasteiger partial charge < -0.3 is 20.1 Å². The molecule has 5 heteroatoms. The number of carbonyl (C=O) groups is 1. The van der Waals surface area contributed by atoms with E-state index in [1.807, 2.05) is 14.0 Å². The monoisotopic (exact) mass is 294 g/mol. The first-order valence-corrected chi connectivity index (χ1v) is 7.24. The maximum Gasteiger partial charge on any atom is 0.251 e. The molecule has 0 aliphatic rings. The first-order valence-electron chi connectivity index (χ1n) is 7.24. The number of carbonyl (C=O) groups excluding carboxylic acids is 1.